The lowest BCUT2D eigenvalue weighted by molar-refractivity contribution is -0.385. The predicted molar refractivity (Wildman–Crippen MR) is 104 cm³/mol. The van der Waals surface area contributed by atoms with Crippen molar-refractivity contribution in [2.75, 3.05) is 5.32 Å². The van der Waals surface area contributed by atoms with Gasteiger partial charge in [-0.05, 0) is 38.5 Å². The van der Waals surface area contributed by atoms with E-state index in [1.807, 2.05) is 25.1 Å². The number of rotatable bonds is 6. The molecule has 3 rings (SSSR count). The average molecular weight is 403 g/mol. The quantitative estimate of drug-likeness (QED) is 0.501. The van der Waals surface area contributed by atoms with Crippen molar-refractivity contribution in [1.82, 2.24) is 19.6 Å². The Bertz CT molecular complexity index is 1040. The van der Waals surface area contributed by atoms with E-state index >= 15 is 0 Å². The van der Waals surface area contributed by atoms with Gasteiger partial charge in [0.15, 0.2) is 0 Å². The molecule has 10 heteroatoms. The van der Waals surface area contributed by atoms with Crippen LogP contribution < -0.4 is 5.32 Å². The second kappa shape index (κ2) is 7.81. The number of anilines is 1. The van der Waals surface area contributed by atoms with E-state index in [9.17, 15) is 14.9 Å². The fraction of sp³-hybridized carbons (Fsp3) is 0.278. The molecule has 0 bridgehead atoms. The van der Waals surface area contributed by atoms with Crippen molar-refractivity contribution >= 4 is 28.9 Å². The van der Waals surface area contributed by atoms with Gasteiger partial charge in [0.1, 0.15) is 18.4 Å². The Morgan fingerprint density at radius 1 is 1.39 bits per heavy atom. The zero-order chi connectivity index (χ0) is 20.4. The lowest BCUT2D eigenvalue weighted by atomic mass is 10.2. The number of nitro groups is 1. The van der Waals surface area contributed by atoms with Gasteiger partial charge in [0.25, 0.3) is 0 Å². The van der Waals surface area contributed by atoms with Gasteiger partial charge in [-0.15, -0.1) is 0 Å². The second-order valence-electron chi connectivity index (χ2n) is 6.43. The second-order valence-corrected chi connectivity index (χ2v) is 6.87. The van der Waals surface area contributed by atoms with Gasteiger partial charge in [0.05, 0.1) is 28.5 Å². The van der Waals surface area contributed by atoms with E-state index in [0.717, 1.165) is 17.5 Å². The normalized spacial score (nSPS) is 12.0. The summed E-state index contributed by atoms with van der Waals surface area (Å²) < 4.78 is 3.05. The first-order valence-corrected chi connectivity index (χ1v) is 8.92. The maximum Gasteiger partial charge on any atom is 0.307 e. The highest BCUT2D eigenvalue weighted by molar-refractivity contribution is 6.30. The topological polar surface area (TPSA) is 108 Å². The van der Waals surface area contributed by atoms with E-state index < -0.39 is 11.0 Å². The summed E-state index contributed by atoms with van der Waals surface area (Å²) in [5, 5.41) is 22.7. The van der Waals surface area contributed by atoms with Crippen molar-refractivity contribution < 1.29 is 9.72 Å². The molecule has 1 N–H and O–H groups in total. The molecule has 0 saturated heterocycles. The third kappa shape index (κ3) is 4.04. The zero-order valence-corrected chi connectivity index (χ0v) is 16.3. The summed E-state index contributed by atoms with van der Waals surface area (Å²) in [4.78, 5) is 22.9. The van der Waals surface area contributed by atoms with Gasteiger partial charge in [-0.2, -0.15) is 10.2 Å². The smallest absolute Gasteiger partial charge is 0.307 e. The van der Waals surface area contributed by atoms with Crippen LogP contribution in [-0.2, 0) is 11.3 Å². The van der Waals surface area contributed by atoms with E-state index in [-0.39, 0.29) is 11.6 Å². The van der Waals surface area contributed by atoms with E-state index in [0.29, 0.717) is 22.9 Å². The Morgan fingerprint density at radius 3 is 2.79 bits per heavy atom. The molecule has 1 atom stereocenters. The van der Waals surface area contributed by atoms with E-state index in [1.165, 1.54) is 10.9 Å². The van der Waals surface area contributed by atoms with Crippen LogP contribution in [0.2, 0.25) is 5.02 Å². The molecule has 9 nitrogen and oxygen atoms in total. The van der Waals surface area contributed by atoms with Crippen LogP contribution in [0.1, 0.15) is 29.9 Å². The number of hydrogen-bond donors (Lipinski definition) is 1. The van der Waals surface area contributed by atoms with Crippen LogP contribution in [0.3, 0.4) is 0 Å². The van der Waals surface area contributed by atoms with Gasteiger partial charge in [0.2, 0.25) is 5.91 Å². The third-order valence-electron chi connectivity index (χ3n) is 4.43. The SMILES string of the molecule is Cc1nn(Cc2cccc(Cl)c2)c(C)c1NC(=O)C(C)n1cc([N+](=O)[O-])cn1. The maximum absolute atomic E-state index is 12.6. The summed E-state index contributed by atoms with van der Waals surface area (Å²) in [6.45, 7) is 5.81. The molecule has 2 aromatic heterocycles. The molecule has 0 aliphatic heterocycles. The Kier molecular flexibility index (Phi) is 5.46. The molecular formula is C18H19ClN6O3. The number of nitrogens with one attached hydrogen (secondary N) is 1. The highest BCUT2D eigenvalue weighted by atomic mass is 35.5. The van der Waals surface area contributed by atoms with Crippen molar-refractivity contribution in [1.29, 1.82) is 0 Å². The Hall–Kier alpha value is -3.20. The third-order valence-corrected chi connectivity index (χ3v) is 4.66. The van der Waals surface area contributed by atoms with E-state index in [1.54, 1.807) is 24.6 Å². The molecule has 0 spiro atoms. The summed E-state index contributed by atoms with van der Waals surface area (Å²) in [5.74, 6) is -0.341. The first-order chi connectivity index (χ1) is 13.3. The first-order valence-electron chi connectivity index (χ1n) is 8.54. The Labute approximate surface area is 166 Å². The Morgan fingerprint density at radius 2 is 2.14 bits per heavy atom. The van der Waals surface area contributed by atoms with Crippen LogP contribution >= 0.6 is 11.6 Å². The maximum atomic E-state index is 12.6. The zero-order valence-electron chi connectivity index (χ0n) is 15.6. The lowest BCUT2D eigenvalue weighted by Gasteiger charge is -2.13. The number of aromatic nitrogens is 4. The summed E-state index contributed by atoms with van der Waals surface area (Å²) in [5.41, 5.74) is 2.91. The fourth-order valence-corrected chi connectivity index (χ4v) is 3.03. The van der Waals surface area contributed by atoms with Gasteiger partial charge in [-0.3, -0.25) is 24.3 Å². The van der Waals surface area contributed by atoms with Crippen LogP contribution in [0, 0.1) is 24.0 Å². The highest BCUT2D eigenvalue weighted by Gasteiger charge is 2.22. The number of aryl methyl sites for hydroxylation is 1. The minimum atomic E-state index is -0.719. The molecule has 0 aliphatic rings. The van der Waals surface area contributed by atoms with Crippen LogP contribution in [0.4, 0.5) is 11.4 Å². The number of hydrogen-bond acceptors (Lipinski definition) is 5. The molecule has 1 aromatic carbocycles. The molecule has 0 saturated carbocycles. The number of benzene rings is 1. The number of amides is 1. The summed E-state index contributed by atoms with van der Waals surface area (Å²) in [6, 6.07) is 6.77. The first kappa shape index (κ1) is 19.6. The van der Waals surface area contributed by atoms with Gasteiger partial charge in [0, 0.05) is 5.02 Å². The van der Waals surface area contributed by atoms with Crippen molar-refractivity contribution in [2.24, 2.45) is 0 Å². The predicted octanol–water partition coefficient (Wildman–Crippen LogP) is 3.51. The standard InChI is InChI=1S/C18H19ClN6O3/c1-11-17(12(2)24(22-11)9-14-5-4-6-15(19)7-14)21-18(26)13(3)23-10-16(8-20-23)25(27)28/h4-8,10,13H,9H2,1-3H3,(H,21,26). The molecule has 28 heavy (non-hydrogen) atoms. The molecule has 2 heterocycles. The molecule has 0 radical (unpaired) electrons. The molecule has 1 amide bonds. The fourth-order valence-electron chi connectivity index (χ4n) is 2.82. The lowest BCUT2D eigenvalue weighted by Crippen LogP contribution is -2.24. The summed E-state index contributed by atoms with van der Waals surface area (Å²) in [6.07, 6.45) is 2.34. The molecule has 1 unspecified atom stereocenters. The molecular weight excluding hydrogens is 384 g/mol. The number of nitrogens with zero attached hydrogens (tertiary/aromatic N) is 5. The summed E-state index contributed by atoms with van der Waals surface area (Å²) in [7, 11) is 0. The minimum absolute atomic E-state index is 0.165. The van der Waals surface area contributed by atoms with Gasteiger partial charge in [-0.1, -0.05) is 23.7 Å². The van der Waals surface area contributed by atoms with E-state index in [4.69, 9.17) is 11.6 Å². The van der Waals surface area contributed by atoms with Gasteiger partial charge >= 0.3 is 5.69 Å². The average Bonchev–Trinajstić information content (AvgIpc) is 3.23. The minimum Gasteiger partial charge on any atom is -0.321 e. The molecule has 0 fully saturated rings. The van der Waals surface area contributed by atoms with E-state index in [2.05, 4.69) is 15.5 Å². The van der Waals surface area contributed by atoms with Crippen LogP contribution in [0.25, 0.3) is 0 Å². The van der Waals surface area contributed by atoms with Crippen LogP contribution in [0.15, 0.2) is 36.7 Å². The van der Waals surface area contributed by atoms with Gasteiger partial charge < -0.3 is 5.32 Å². The monoisotopic (exact) mass is 402 g/mol. The van der Waals surface area contributed by atoms with Crippen molar-refractivity contribution in [3.8, 4) is 0 Å². The van der Waals surface area contributed by atoms with Gasteiger partial charge in [-0.25, -0.2) is 0 Å². The van der Waals surface area contributed by atoms with Crippen LogP contribution in [-0.4, -0.2) is 30.4 Å². The number of carbonyl (C=O) groups is 1. The molecule has 146 valence electrons. The largest absolute Gasteiger partial charge is 0.321 e. The van der Waals surface area contributed by atoms with Crippen LogP contribution in [0.5, 0.6) is 0 Å². The number of halogens is 1. The number of carbonyl (C=O) groups excluding carboxylic acids is 1. The van der Waals surface area contributed by atoms with Crippen molar-refractivity contribution in [3.63, 3.8) is 0 Å². The summed E-state index contributed by atoms with van der Waals surface area (Å²) >= 11 is 6.03. The van der Waals surface area contributed by atoms with Crippen molar-refractivity contribution in [3.05, 3.63) is 68.7 Å². The Balaban J connectivity index is 1.77. The molecule has 3 aromatic rings. The molecule has 0 aliphatic carbocycles. The highest BCUT2D eigenvalue weighted by Crippen LogP contribution is 2.23. The van der Waals surface area contributed by atoms with Crippen molar-refractivity contribution in [2.45, 2.75) is 33.4 Å².